The molecule has 0 aliphatic heterocycles. The lowest BCUT2D eigenvalue weighted by atomic mass is 9.56. The van der Waals surface area contributed by atoms with Gasteiger partial charge in [0.1, 0.15) is 0 Å². The van der Waals surface area contributed by atoms with Gasteiger partial charge in [0, 0.05) is 32.3 Å². The van der Waals surface area contributed by atoms with Crippen molar-refractivity contribution >= 4 is 0 Å². The van der Waals surface area contributed by atoms with Gasteiger partial charge in [-0.15, -0.1) is 0 Å². The highest BCUT2D eigenvalue weighted by molar-refractivity contribution is 5.11. The molecule has 0 amide bonds. The molecule has 0 heterocycles. The molecule has 2 atom stereocenters. The number of hydrogen-bond acceptors (Lipinski definition) is 3. The van der Waals surface area contributed by atoms with Crippen LogP contribution in [0, 0.1) is 5.41 Å². The third-order valence-corrected chi connectivity index (χ3v) is 4.19. The lowest BCUT2D eigenvalue weighted by Crippen LogP contribution is -2.67. The molecule has 1 saturated carbocycles. The molecule has 15 heavy (non-hydrogen) atoms. The van der Waals surface area contributed by atoms with Gasteiger partial charge in [0.25, 0.3) is 0 Å². The highest BCUT2D eigenvalue weighted by Gasteiger charge is 2.57. The molecule has 0 aromatic heterocycles. The zero-order chi connectivity index (χ0) is 11.5. The Hall–Kier alpha value is -0.120. The van der Waals surface area contributed by atoms with Crippen LogP contribution in [0.1, 0.15) is 33.6 Å². The third kappa shape index (κ3) is 2.35. The van der Waals surface area contributed by atoms with Crippen LogP contribution in [0.4, 0.5) is 0 Å². The van der Waals surface area contributed by atoms with E-state index < -0.39 is 0 Å². The summed E-state index contributed by atoms with van der Waals surface area (Å²) in [6.07, 6.45) is 2.18. The Morgan fingerprint density at radius 2 is 1.93 bits per heavy atom. The van der Waals surface area contributed by atoms with Crippen molar-refractivity contribution in [1.29, 1.82) is 0 Å². The number of ether oxygens (including phenoxy) is 2. The highest BCUT2D eigenvalue weighted by Crippen LogP contribution is 2.51. The van der Waals surface area contributed by atoms with Gasteiger partial charge < -0.3 is 14.8 Å². The van der Waals surface area contributed by atoms with E-state index in [1.165, 1.54) is 0 Å². The molecule has 2 unspecified atom stereocenters. The van der Waals surface area contributed by atoms with Crippen LogP contribution in [-0.2, 0) is 9.47 Å². The van der Waals surface area contributed by atoms with E-state index in [1.54, 1.807) is 7.11 Å². The first-order valence-corrected chi connectivity index (χ1v) is 5.75. The topological polar surface area (TPSA) is 30.5 Å². The molecule has 3 heteroatoms. The van der Waals surface area contributed by atoms with Gasteiger partial charge in [-0.3, -0.25) is 0 Å². The first kappa shape index (κ1) is 12.9. The van der Waals surface area contributed by atoms with Gasteiger partial charge in [0.15, 0.2) is 0 Å². The minimum atomic E-state index is 0.0337. The molecule has 1 aliphatic rings. The smallest absolute Gasteiger partial charge is 0.0731 e. The summed E-state index contributed by atoms with van der Waals surface area (Å²) in [4.78, 5) is 0. The maximum Gasteiger partial charge on any atom is 0.0731 e. The Morgan fingerprint density at radius 3 is 2.40 bits per heavy atom. The van der Waals surface area contributed by atoms with Crippen LogP contribution in [-0.4, -0.2) is 39.0 Å². The fraction of sp³-hybridized carbons (Fsp3) is 1.00. The first-order chi connectivity index (χ1) is 6.98. The van der Waals surface area contributed by atoms with Crippen LogP contribution in [0.15, 0.2) is 0 Å². The van der Waals surface area contributed by atoms with Gasteiger partial charge >= 0.3 is 0 Å². The molecule has 1 aliphatic carbocycles. The molecule has 1 fully saturated rings. The lowest BCUT2D eigenvalue weighted by molar-refractivity contribution is -0.180. The van der Waals surface area contributed by atoms with E-state index in [4.69, 9.17) is 9.47 Å². The van der Waals surface area contributed by atoms with Crippen molar-refractivity contribution in [2.45, 2.75) is 45.3 Å². The van der Waals surface area contributed by atoms with Crippen molar-refractivity contribution in [3.8, 4) is 0 Å². The summed E-state index contributed by atoms with van der Waals surface area (Å²) in [7, 11) is 3.55. The number of nitrogens with one attached hydrogen (secondary N) is 1. The molecule has 0 bridgehead atoms. The average molecular weight is 215 g/mol. The molecule has 3 nitrogen and oxygen atoms in total. The summed E-state index contributed by atoms with van der Waals surface area (Å²) < 4.78 is 10.6. The van der Waals surface area contributed by atoms with Crippen LogP contribution < -0.4 is 5.32 Å². The molecule has 0 aromatic rings. The van der Waals surface area contributed by atoms with Crippen LogP contribution in [0.25, 0.3) is 0 Å². The van der Waals surface area contributed by atoms with Crippen LogP contribution >= 0.6 is 0 Å². The van der Waals surface area contributed by atoms with E-state index in [9.17, 15) is 0 Å². The molecule has 0 aromatic carbocycles. The Labute approximate surface area is 93.5 Å². The van der Waals surface area contributed by atoms with Gasteiger partial charge in [-0.1, -0.05) is 13.8 Å². The van der Waals surface area contributed by atoms with Crippen molar-refractivity contribution in [2.75, 3.05) is 27.4 Å². The lowest BCUT2D eigenvalue weighted by Gasteiger charge is -2.59. The monoisotopic (exact) mass is 215 g/mol. The second kappa shape index (κ2) is 4.81. The average Bonchev–Trinajstić information content (AvgIpc) is 2.22. The van der Waals surface area contributed by atoms with Gasteiger partial charge in [0.2, 0.25) is 0 Å². The summed E-state index contributed by atoms with van der Waals surface area (Å²) in [5, 5.41) is 3.57. The quantitative estimate of drug-likeness (QED) is 0.686. The van der Waals surface area contributed by atoms with Crippen LogP contribution in [0.2, 0.25) is 0 Å². The summed E-state index contributed by atoms with van der Waals surface area (Å²) in [6, 6.07) is 0.569. The highest BCUT2D eigenvalue weighted by atomic mass is 16.5. The van der Waals surface area contributed by atoms with E-state index in [0.29, 0.717) is 6.04 Å². The van der Waals surface area contributed by atoms with Crippen molar-refractivity contribution < 1.29 is 9.47 Å². The molecular weight excluding hydrogens is 190 g/mol. The standard InChI is InChI=1S/C12H25NO2/c1-11(2)10(9-12(11,3)15-5)13-7-6-8-14-4/h10,13H,6-9H2,1-5H3. The Balaban J connectivity index is 2.29. The van der Waals surface area contributed by atoms with Crippen molar-refractivity contribution in [3.63, 3.8) is 0 Å². The number of rotatable bonds is 6. The van der Waals surface area contributed by atoms with Crippen molar-refractivity contribution in [3.05, 3.63) is 0 Å². The minimum Gasteiger partial charge on any atom is -0.385 e. The van der Waals surface area contributed by atoms with E-state index >= 15 is 0 Å². The van der Waals surface area contributed by atoms with E-state index in [0.717, 1.165) is 26.0 Å². The zero-order valence-electron chi connectivity index (χ0n) is 10.7. The summed E-state index contributed by atoms with van der Waals surface area (Å²) >= 11 is 0. The molecule has 90 valence electrons. The fourth-order valence-corrected chi connectivity index (χ4v) is 2.31. The predicted octanol–water partition coefficient (Wildman–Crippen LogP) is 1.82. The summed E-state index contributed by atoms with van der Waals surface area (Å²) in [6.45, 7) is 8.60. The minimum absolute atomic E-state index is 0.0337. The first-order valence-electron chi connectivity index (χ1n) is 5.75. The SMILES string of the molecule is COCCCNC1CC(C)(OC)C1(C)C. The normalized spacial score (nSPS) is 33.8. The second-order valence-electron chi connectivity index (χ2n) is 5.21. The Kier molecular flexibility index (Phi) is 4.15. The molecule has 0 saturated heterocycles. The van der Waals surface area contributed by atoms with E-state index in [-0.39, 0.29) is 11.0 Å². The van der Waals surface area contributed by atoms with E-state index in [1.807, 2.05) is 7.11 Å². The maximum absolute atomic E-state index is 5.58. The Morgan fingerprint density at radius 1 is 1.27 bits per heavy atom. The predicted molar refractivity (Wildman–Crippen MR) is 62.1 cm³/mol. The molecule has 1 rings (SSSR count). The summed E-state index contributed by atoms with van der Waals surface area (Å²) in [5.41, 5.74) is 0.251. The maximum atomic E-state index is 5.58. The van der Waals surface area contributed by atoms with Crippen molar-refractivity contribution in [1.82, 2.24) is 5.32 Å². The van der Waals surface area contributed by atoms with E-state index in [2.05, 4.69) is 26.1 Å². The number of methoxy groups -OCH3 is 2. The zero-order valence-corrected chi connectivity index (χ0v) is 10.7. The fourth-order valence-electron chi connectivity index (χ4n) is 2.31. The molecule has 0 radical (unpaired) electrons. The van der Waals surface area contributed by atoms with Crippen LogP contribution in [0.5, 0.6) is 0 Å². The second-order valence-corrected chi connectivity index (χ2v) is 5.21. The molecule has 0 spiro atoms. The molecular formula is C12H25NO2. The van der Waals surface area contributed by atoms with Crippen LogP contribution in [0.3, 0.4) is 0 Å². The molecule has 1 N–H and O–H groups in total. The van der Waals surface area contributed by atoms with Gasteiger partial charge in [-0.05, 0) is 26.3 Å². The van der Waals surface area contributed by atoms with Gasteiger partial charge in [0.05, 0.1) is 5.60 Å². The Bertz CT molecular complexity index is 206. The van der Waals surface area contributed by atoms with Gasteiger partial charge in [-0.2, -0.15) is 0 Å². The largest absolute Gasteiger partial charge is 0.385 e. The van der Waals surface area contributed by atoms with Crippen molar-refractivity contribution in [2.24, 2.45) is 5.41 Å². The van der Waals surface area contributed by atoms with Gasteiger partial charge in [-0.25, -0.2) is 0 Å². The number of hydrogen-bond donors (Lipinski definition) is 1. The summed E-state index contributed by atoms with van der Waals surface area (Å²) in [5.74, 6) is 0. The third-order valence-electron chi connectivity index (χ3n) is 4.19.